The molecule has 0 spiro atoms. The topological polar surface area (TPSA) is 98.3 Å². The molecule has 0 bridgehead atoms. The Morgan fingerprint density at radius 1 is 1.11 bits per heavy atom. The van der Waals surface area contributed by atoms with Crippen LogP contribution in [0.15, 0.2) is 51.8 Å². The normalized spacial score (nSPS) is 13.1. The minimum absolute atomic E-state index is 0.150. The van der Waals surface area contributed by atoms with E-state index >= 15 is 0 Å². The third kappa shape index (κ3) is 7.56. The molecule has 2 heterocycles. The smallest absolute Gasteiger partial charge is 0.318 e. The quantitative estimate of drug-likeness (QED) is 0.440. The van der Waals surface area contributed by atoms with E-state index in [-0.39, 0.29) is 11.9 Å². The lowest BCUT2D eigenvalue weighted by Crippen LogP contribution is -2.44. The first-order valence-corrected chi connectivity index (χ1v) is 12.4. The molecule has 0 atom stereocenters. The van der Waals surface area contributed by atoms with Gasteiger partial charge in [-0.2, -0.15) is 0 Å². The Kier molecular flexibility index (Phi) is 9.68. The molecular formula is C25H34N6O3S. The Bertz CT molecular complexity index is 1080. The molecule has 0 fully saturated rings. The van der Waals surface area contributed by atoms with Crippen LogP contribution in [0.1, 0.15) is 18.4 Å². The zero-order valence-electron chi connectivity index (χ0n) is 20.8. The van der Waals surface area contributed by atoms with E-state index in [0.717, 1.165) is 34.8 Å². The molecule has 0 aliphatic carbocycles. The number of aliphatic imine (C=N–C) groups is 1. The molecule has 1 aliphatic heterocycles. The van der Waals surface area contributed by atoms with Gasteiger partial charge in [0.15, 0.2) is 0 Å². The number of nitrogens with one attached hydrogen (secondary N) is 3. The molecule has 0 saturated carbocycles. The van der Waals surface area contributed by atoms with Gasteiger partial charge in [-0.15, -0.1) is 11.3 Å². The van der Waals surface area contributed by atoms with Crippen molar-refractivity contribution in [2.45, 2.75) is 19.4 Å². The molecule has 0 saturated heterocycles. The third-order valence-corrected chi connectivity index (χ3v) is 6.39. The molecule has 1 aliphatic rings. The van der Waals surface area contributed by atoms with Gasteiger partial charge < -0.3 is 30.5 Å². The Labute approximate surface area is 210 Å². The van der Waals surface area contributed by atoms with Crippen LogP contribution in [0.25, 0.3) is 0 Å². The van der Waals surface area contributed by atoms with Crippen LogP contribution in [0.2, 0.25) is 0 Å². The number of para-hydroxylation sites is 1. The van der Waals surface area contributed by atoms with E-state index < -0.39 is 0 Å². The monoisotopic (exact) mass is 498 g/mol. The van der Waals surface area contributed by atoms with Gasteiger partial charge >= 0.3 is 6.03 Å². The summed E-state index contributed by atoms with van der Waals surface area (Å²) in [5.41, 5.74) is 4.05. The van der Waals surface area contributed by atoms with Crippen molar-refractivity contribution >= 4 is 40.4 Å². The van der Waals surface area contributed by atoms with Crippen molar-refractivity contribution in [2.24, 2.45) is 4.99 Å². The average molecular weight is 499 g/mol. The Hall–Kier alpha value is -3.37. The zero-order valence-corrected chi connectivity index (χ0v) is 21.6. The first-order valence-electron chi connectivity index (χ1n) is 11.5. The van der Waals surface area contributed by atoms with Crippen molar-refractivity contribution in [2.75, 3.05) is 58.5 Å². The van der Waals surface area contributed by atoms with Crippen molar-refractivity contribution in [1.82, 2.24) is 15.1 Å². The third-order valence-electron chi connectivity index (χ3n) is 5.65. The molecule has 0 unspecified atom stereocenters. The second-order valence-corrected chi connectivity index (χ2v) is 9.21. The second-order valence-electron chi connectivity index (χ2n) is 8.46. The number of anilines is 2. The summed E-state index contributed by atoms with van der Waals surface area (Å²) in [6.45, 7) is 2.14. The molecule has 188 valence electrons. The lowest BCUT2D eigenvalue weighted by Gasteiger charge is -2.27. The number of carbonyl (C=O) groups is 2. The molecule has 2 aromatic rings. The minimum atomic E-state index is -0.200. The Balaban J connectivity index is 1.62. The maximum atomic E-state index is 13.0. The summed E-state index contributed by atoms with van der Waals surface area (Å²) in [6.07, 6.45) is 2.93. The van der Waals surface area contributed by atoms with Crippen LogP contribution < -0.4 is 20.7 Å². The van der Waals surface area contributed by atoms with Crippen molar-refractivity contribution < 1.29 is 14.3 Å². The highest BCUT2D eigenvalue weighted by Gasteiger charge is 2.21. The van der Waals surface area contributed by atoms with E-state index in [9.17, 15) is 9.59 Å². The van der Waals surface area contributed by atoms with E-state index in [1.807, 2.05) is 61.1 Å². The van der Waals surface area contributed by atoms with Crippen LogP contribution in [0.5, 0.6) is 5.75 Å². The van der Waals surface area contributed by atoms with Crippen LogP contribution >= 0.6 is 11.3 Å². The van der Waals surface area contributed by atoms with E-state index in [4.69, 9.17) is 4.74 Å². The maximum absolute atomic E-state index is 13.0. The van der Waals surface area contributed by atoms with Gasteiger partial charge in [0.2, 0.25) is 0 Å². The fourth-order valence-electron chi connectivity index (χ4n) is 3.60. The first kappa shape index (κ1) is 26.2. The number of nitrogens with zero attached hydrogens (tertiary/aromatic N) is 3. The second kappa shape index (κ2) is 12.9. The van der Waals surface area contributed by atoms with E-state index in [1.54, 1.807) is 18.2 Å². The van der Waals surface area contributed by atoms with E-state index in [1.165, 1.54) is 11.3 Å². The van der Waals surface area contributed by atoms with Gasteiger partial charge in [-0.25, -0.2) is 4.79 Å². The van der Waals surface area contributed by atoms with Gasteiger partial charge in [0.1, 0.15) is 11.5 Å². The lowest BCUT2D eigenvalue weighted by molar-refractivity contribution is -0.110. The average Bonchev–Trinajstić information content (AvgIpc) is 3.32. The highest BCUT2D eigenvalue weighted by molar-refractivity contribution is 7.09. The summed E-state index contributed by atoms with van der Waals surface area (Å²) in [5.74, 6) is 0.543. The summed E-state index contributed by atoms with van der Waals surface area (Å²) in [6, 6.07) is 7.48. The number of rotatable bonds is 11. The molecule has 35 heavy (non-hydrogen) atoms. The SMILES string of the molecule is CNc1cscc1NC(=O)C1=NC=C(CN(CCN(C)C)C(=O)NCc2ccccc2OC)CC1. The van der Waals surface area contributed by atoms with Gasteiger partial charge in [0.25, 0.3) is 5.91 Å². The van der Waals surface area contributed by atoms with E-state index in [0.29, 0.717) is 38.2 Å². The fourth-order valence-corrected chi connectivity index (χ4v) is 4.37. The summed E-state index contributed by atoms with van der Waals surface area (Å²) in [5, 5.41) is 12.8. The summed E-state index contributed by atoms with van der Waals surface area (Å²) in [4.78, 5) is 33.9. The Morgan fingerprint density at radius 3 is 2.57 bits per heavy atom. The summed E-state index contributed by atoms with van der Waals surface area (Å²) in [7, 11) is 7.40. The number of likely N-dealkylation sites (N-methyl/N-ethyl adjacent to an activating group) is 1. The van der Waals surface area contributed by atoms with Crippen molar-refractivity contribution in [1.29, 1.82) is 0 Å². The number of thiophene rings is 1. The van der Waals surface area contributed by atoms with Crippen LogP contribution in [0.4, 0.5) is 16.2 Å². The number of amides is 3. The number of methoxy groups -OCH3 is 1. The molecule has 1 aromatic carbocycles. The molecule has 10 heteroatoms. The molecule has 0 radical (unpaired) electrons. The highest BCUT2D eigenvalue weighted by Crippen LogP contribution is 2.26. The van der Waals surface area contributed by atoms with Gasteiger partial charge in [0.05, 0.1) is 18.5 Å². The van der Waals surface area contributed by atoms with Crippen molar-refractivity contribution in [3.05, 3.63) is 52.4 Å². The van der Waals surface area contributed by atoms with Gasteiger partial charge in [0, 0.05) is 55.8 Å². The molecule has 9 nitrogen and oxygen atoms in total. The van der Waals surface area contributed by atoms with Crippen LogP contribution in [0.3, 0.4) is 0 Å². The van der Waals surface area contributed by atoms with Gasteiger partial charge in [-0.1, -0.05) is 18.2 Å². The fraction of sp³-hybridized carbons (Fsp3) is 0.400. The van der Waals surface area contributed by atoms with Crippen molar-refractivity contribution in [3.8, 4) is 5.75 Å². The number of hydrogen-bond acceptors (Lipinski definition) is 7. The Morgan fingerprint density at radius 2 is 1.89 bits per heavy atom. The number of hydrogen-bond donors (Lipinski definition) is 3. The largest absolute Gasteiger partial charge is 0.496 e. The standard InChI is InChI=1S/C25H34N6O3S/c1-26-21-16-35-17-22(21)29-24(32)20-10-9-18(13-27-20)15-31(12-11-30(2)3)25(33)28-14-19-7-5-6-8-23(19)34-4/h5-8,13,16-17,26H,9-12,14-15H2,1-4H3,(H,28,33)(H,29,32). The number of urea groups is 1. The van der Waals surface area contributed by atoms with Crippen molar-refractivity contribution in [3.63, 3.8) is 0 Å². The molecule has 3 rings (SSSR count). The highest BCUT2D eigenvalue weighted by atomic mass is 32.1. The molecular weight excluding hydrogens is 464 g/mol. The van der Waals surface area contributed by atoms with E-state index in [2.05, 4.69) is 20.9 Å². The lowest BCUT2D eigenvalue weighted by atomic mass is 10.0. The zero-order chi connectivity index (χ0) is 25.2. The van der Waals surface area contributed by atoms with Crippen LogP contribution in [-0.4, -0.2) is 75.3 Å². The predicted molar refractivity (Wildman–Crippen MR) is 143 cm³/mol. The number of ether oxygens (including phenoxy) is 1. The number of carbonyl (C=O) groups excluding carboxylic acids is 2. The molecule has 3 N–H and O–H groups in total. The molecule has 3 amide bonds. The summed E-state index contributed by atoms with van der Waals surface area (Å²) < 4.78 is 5.38. The maximum Gasteiger partial charge on any atom is 0.318 e. The number of benzene rings is 1. The van der Waals surface area contributed by atoms with Crippen LogP contribution in [0, 0.1) is 0 Å². The molecule has 1 aromatic heterocycles. The van der Waals surface area contributed by atoms with Crippen LogP contribution in [-0.2, 0) is 11.3 Å². The summed E-state index contributed by atoms with van der Waals surface area (Å²) >= 11 is 1.52. The first-order chi connectivity index (χ1) is 16.9. The minimum Gasteiger partial charge on any atom is -0.496 e. The van der Waals surface area contributed by atoms with Gasteiger partial charge in [-0.05, 0) is 38.6 Å². The van der Waals surface area contributed by atoms with Gasteiger partial charge in [-0.3, -0.25) is 9.79 Å². The predicted octanol–water partition coefficient (Wildman–Crippen LogP) is 3.63.